The van der Waals surface area contributed by atoms with E-state index in [1.54, 1.807) is 24.3 Å². The largest absolute Gasteiger partial charge is 0.478 e. The van der Waals surface area contributed by atoms with E-state index >= 15 is 0 Å². The smallest absolute Gasteiger partial charge is 0.335 e. The summed E-state index contributed by atoms with van der Waals surface area (Å²) in [4.78, 5) is 13.3. The van der Waals surface area contributed by atoms with E-state index in [0.29, 0.717) is 6.54 Å². The van der Waals surface area contributed by atoms with Crippen molar-refractivity contribution in [3.8, 4) is 11.3 Å². The fourth-order valence-corrected chi connectivity index (χ4v) is 2.87. The van der Waals surface area contributed by atoms with Gasteiger partial charge in [0.05, 0.1) is 25.3 Å². The number of ether oxygens (including phenoxy) is 1. The first kappa shape index (κ1) is 23.5. The molecule has 2 heterocycles. The number of hydrogen-bond donors (Lipinski definition) is 2. The van der Waals surface area contributed by atoms with Gasteiger partial charge in [-0.25, -0.2) is 4.79 Å². The molecule has 8 heteroatoms. The molecule has 2 aromatic rings. The average molecular weight is 417 g/mol. The number of morpholine rings is 1. The molecule has 0 saturated carbocycles. The van der Waals surface area contributed by atoms with E-state index in [4.69, 9.17) is 14.3 Å². The van der Waals surface area contributed by atoms with Crippen LogP contribution in [0, 0.1) is 0 Å². The minimum atomic E-state index is -0.923. The van der Waals surface area contributed by atoms with E-state index in [1.165, 1.54) is 0 Å². The van der Waals surface area contributed by atoms with Gasteiger partial charge < -0.3 is 19.6 Å². The van der Waals surface area contributed by atoms with Crippen LogP contribution in [-0.2, 0) is 11.3 Å². The van der Waals surface area contributed by atoms with Crippen LogP contribution in [0.4, 0.5) is 0 Å². The molecule has 0 amide bonds. The normalized spacial score (nSPS) is 14.2. The van der Waals surface area contributed by atoms with Gasteiger partial charge in [-0.1, -0.05) is 12.1 Å². The summed E-state index contributed by atoms with van der Waals surface area (Å²) in [6.07, 6.45) is 1.10. The molecular weight excluding hydrogens is 391 g/mol. The number of rotatable bonds is 8. The summed E-state index contributed by atoms with van der Waals surface area (Å²) in [6, 6.07) is 10.6. The van der Waals surface area contributed by atoms with Crippen molar-refractivity contribution in [3.63, 3.8) is 0 Å². The van der Waals surface area contributed by atoms with E-state index in [9.17, 15) is 4.79 Å². The summed E-state index contributed by atoms with van der Waals surface area (Å²) >= 11 is 0. The van der Waals surface area contributed by atoms with E-state index in [0.717, 1.165) is 62.9 Å². The van der Waals surface area contributed by atoms with Gasteiger partial charge >= 0.3 is 5.97 Å². The van der Waals surface area contributed by atoms with Crippen molar-refractivity contribution in [2.45, 2.75) is 13.0 Å². The zero-order valence-electron chi connectivity index (χ0n) is 15.1. The fourth-order valence-electron chi connectivity index (χ4n) is 2.87. The zero-order chi connectivity index (χ0) is 17.5. The highest BCUT2D eigenvalue weighted by molar-refractivity contribution is 5.88. The number of nitrogens with one attached hydrogen (secondary N) is 1. The Hall–Kier alpha value is -1.57. The van der Waals surface area contributed by atoms with Crippen molar-refractivity contribution in [1.82, 2.24) is 10.2 Å². The Labute approximate surface area is 171 Å². The summed E-state index contributed by atoms with van der Waals surface area (Å²) in [6.45, 7) is 6.48. The van der Waals surface area contributed by atoms with Crippen molar-refractivity contribution >= 4 is 30.8 Å². The van der Waals surface area contributed by atoms with Gasteiger partial charge in [0.1, 0.15) is 11.5 Å². The number of carbonyl (C=O) groups is 1. The molecule has 2 N–H and O–H groups in total. The lowest BCUT2D eigenvalue weighted by Gasteiger charge is -2.26. The number of aromatic carboxylic acids is 1. The van der Waals surface area contributed by atoms with Crippen molar-refractivity contribution < 1.29 is 19.1 Å². The summed E-state index contributed by atoms with van der Waals surface area (Å²) in [7, 11) is 0. The first-order chi connectivity index (χ1) is 12.2. The third-order valence-electron chi connectivity index (χ3n) is 4.31. The molecule has 1 saturated heterocycles. The molecular formula is C19H26Cl2N2O4. The lowest BCUT2D eigenvalue weighted by Crippen LogP contribution is -2.37. The van der Waals surface area contributed by atoms with Gasteiger partial charge in [-0.3, -0.25) is 4.90 Å². The third-order valence-corrected chi connectivity index (χ3v) is 4.31. The monoisotopic (exact) mass is 416 g/mol. The van der Waals surface area contributed by atoms with Crippen LogP contribution in [0.3, 0.4) is 0 Å². The predicted molar refractivity (Wildman–Crippen MR) is 109 cm³/mol. The Morgan fingerprint density at radius 1 is 1.07 bits per heavy atom. The van der Waals surface area contributed by atoms with Crippen LogP contribution >= 0.6 is 24.8 Å². The Balaban J connectivity index is 0.00000182. The van der Waals surface area contributed by atoms with Crippen LogP contribution in [0.25, 0.3) is 11.3 Å². The molecule has 27 heavy (non-hydrogen) atoms. The highest BCUT2D eigenvalue weighted by Crippen LogP contribution is 2.22. The Bertz CT molecular complexity index is 685. The van der Waals surface area contributed by atoms with E-state index in [1.807, 2.05) is 12.1 Å². The van der Waals surface area contributed by atoms with Gasteiger partial charge in [0.2, 0.25) is 0 Å². The number of benzene rings is 1. The molecule has 1 aromatic carbocycles. The standard InChI is InChI=1S/C19H24N2O4.2ClH/c22-19(23)16-4-2-15(3-5-16)18-7-6-17(25-18)14-20-8-1-9-21-10-12-24-13-11-21;;/h2-7,20H,1,8-14H2,(H,22,23);2*1H. The number of hydrogen-bond acceptors (Lipinski definition) is 5. The molecule has 1 aliphatic heterocycles. The molecule has 0 aliphatic carbocycles. The van der Waals surface area contributed by atoms with Gasteiger partial charge in [-0.15, -0.1) is 24.8 Å². The average Bonchev–Trinajstić information content (AvgIpc) is 3.11. The third kappa shape index (κ3) is 7.16. The second-order valence-electron chi connectivity index (χ2n) is 6.13. The molecule has 1 aromatic heterocycles. The van der Waals surface area contributed by atoms with Crippen LogP contribution < -0.4 is 5.32 Å². The number of nitrogens with zero attached hydrogens (tertiary/aromatic N) is 1. The lowest BCUT2D eigenvalue weighted by atomic mass is 10.1. The predicted octanol–water partition coefficient (Wildman–Crippen LogP) is 3.30. The highest BCUT2D eigenvalue weighted by Gasteiger charge is 2.09. The van der Waals surface area contributed by atoms with Crippen LogP contribution in [0.5, 0.6) is 0 Å². The Morgan fingerprint density at radius 2 is 1.78 bits per heavy atom. The van der Waals surface area contributed by atoms with Crippen LogP contribution in [-0.4, -0.2) is 55.4 Å². The Kier molecular flexibility index (Phi) is 10.4. The minimum absolute atomic E-state index is 0. The van der Waals surface area contributed by atoms with Gasteiger partial charge in [-0.2, -0.15) is 0 Å². The number of carboxylic acids is 1. The minimum Gasteiger partial charge on any atom is -0.478 e. The van der Waals surface area contributed by atoms with Crippen molar-refractivity contribution in [2.24, 2.45) is 0 Å². The lowest BCUT2D eigenvalue weighted by molar-refractivity contribution is 0.0374. The van der Waals surface area contributed by atoms with E-state index in [2.05, 4.69) is 10.2 Å². The summed E-state index contributed by atoms with van der Waals surface area (Å²) in [5, 5.41) is 12.3. The van der Waals surface area contributed by atoms with Crippen LogP contribution in [0.2, 0.25) is 0 Å². The van der Waals surface area contributed by atoms with E-state index in [-0.39, 0.29) is 30.4 Å². The molecule has 3 rings (SSSR count). The van der Waals surface area contributed by atoms with Gasteiger partial charge in [0, 0.05) is 18.7 Å². The molecule has 6 nitrogen and oxygen atoms in total. The van der Waals surface area contributed by atoms with Crippen molar-refractivity contribution in [3.05, 3.63) is 47.7 Å². The summed E-state index contributed by atoms with van der Waals surface area (Å²) in [5.41, 5.74) is 1.15. The van der Waals surface area contributed by atoms with Crippen molar-refractivity contribution in [1.29, 1.82) is 0 Å². The second-order valence-corrected chi connectivity index (χ2v) is 6.13. The number of carboxylic acid groups (broad SMARTS) is 1. The van der Waals surface area contributed by atoms with Gasteiger partial charge in [-0.05, 0) is 43.8 Å². The topological polar surface area (TPSA) is 74.9 Å². The maximum Gasteiger partial charge on any atom is 0.335 e. The number of furan rings is 1. The fraction of sp³-hybridized carbons (Fsp3) is 0.421. The molecule has 1 aliphatic rings. The van der Waals surface area contributed by atoms with E-state index < -0.39 is 5.97 Å². The second kappa shape index (κ2) is 12.0. The summed E-state index contributed by atoms with van der Waals surface area (Å²) < 4.78 is 11.2. The number of halogens is 2. The molecule has 0 spiro atoms. The zero-order valence-corrected chi connectivity index (χ0v) is 16.7. The van der Waals surface area contributed by atoms with Gasteiger partial charge in [0.15, 0.2) is 0 Å². The molecule has 0 unspecified atom stereocenters. The molecule has 1 fully saturated rings. The highest BCUT2D eigenvalue weighted by atomic mass is 35.5. The maximum atomic E-state index is 10.9. The quantitative estimate of drug-likeness (QED) is 0.642. The molecule has 0 radical (unpaired) electrons. The first-order valence-electron chi connectivity index (χ1n) is 8.65. The SMILES string of the molecule is Cl.Cl.O=C(O)c1ccc(-c2ccc(CNCCCN3CCOCC3)o2)cc1. The molecule has 0 bridgehead atoms. The van der Waals surface area contributed by atoms with Crippen molar-refractivity contribution in [2.75, 3.05) is 39.4 Å². The first-order valence-corrected chi connectivity index (χ1v) is 8.65. The molecule has 0 atom stereocenters. The van der Waals surface area contributed by atoms with Crippen LogP contribution in [0.15, 0.2) is 40.8 Å². The summed E-state index contributed by atoms with van der Waals surface area (Å²) in [5.74, 6) is 0.707. The van der Waals surface area contributed by atoms with Crippen LogP contribution in [0.1, 0.15) is 22.5 Å². The molecule has 150 valence electrons. The Morgan fingerprint density at radius 3 is 2.44 bits per heavy atom. The maximum absolute atomic E-state index is 10.9. The van der Waals surface area contributed by atoms with Gasteiger partial charge in [0.25, 0.3) is 0 Å².